The summed E-state index contributed by atoms with van der Waals surface area (Å²) in [5, 5.41) is 8.91. The summed E-state index contributed by atoms with van der Waals surface area (Å²) < 4.78 is 7.90. The third-order valence-corrected chi connectivity index (χ3v) is 4.09. The summed E-state index contributed by atoms with van der Waals surface area (Å²) in [6.45, 7) is 2.37. The number of anilines is 1. The first-order chi connectivity index (χ1) is 9.31. The van der Waals surface area contributed by atoms with Gasteiger partial charge in [0, 0.05) is 23.8 Å². The molecule has 0 spiro atoms. The first-order valence-electron chi connectivity index (χ1n) is 6.32. The van der Waals surface area contributed by atoms with E-state index in [9.17, 15) is 0 Å². The van der Waals surface area contributed by atoms with Gasteiger partial charge in [-0.2, -0.15) is 0 Å². The zero-order valence-electron chi connectivity index (χ0n) is 10.2. The maximum absolute atomic E-state index is 5.93. The van der Waals surface area contributed by atoms with Crippen LogP contribution < -0.4 is 4.90 Å². The molecule has 5 nitrogen and oxygen atoms in total. The molecule has 2 aliphatic rings. The predicted molar refractivity (Wildman–Crippen MR) is 71.3 cm³/mol. The highest BCUT2D eigenvalue weighted by atomic mass is 35.5. The van der Waals surface area contributed by atoms with E-state index in [4.69, 9.17) is 16.3 Å². The zero-order chi connectivity index (χ0) is 12.8. The minimum absolute atomic E-state index is 0.185. The van der Waals surface area contributed by atoms with E-state index in [1.165, 1.54) is 5.69 Å². The van der Waals surface area contributed by atoms with E-state index >= 15 is 0 Å². The Balaban J connectivity index is 1.62. The summed E-state index contributed by atoms with van der Waals surface area (Å²) in [5.41, 5.74) is 2.23. The molecule has 6 heteroatoms. The van der Waals surface area contributed by atoms with Gasteiger partial charge in [0.1, 0.15) is 0 Å². The molecular weight excluding hydrogens is 264 g/mol. The van der Waals surface area contributed by atoms with Gasteiger partial charge in [-0.25, -0.2) is 4.68 Å². The molecule has 2 atom stereocenters. The fourth-order valence-electron chi connectivity index (χ4n) is 2.86. The van der Waals surface area contributed by atoms with E-state index in [0.717, 1.165) is 23.8 Å². The molecular formula is C13H13ClN4O. The fraction of sp³-hybridized carbons (Fsp3) is 0.385. The van der Waals surface area contributed by atoms with Crippen molar-refractivity contribution in [3.05, 3.63) is 41.2 Å². The number of benzene rings is 1. The highest BCUT2D eigenvalue weighted by Crippen LogP contribution is 2.33. The third-order valence-electron chi connectivity index (χ3n) is 3.84. The van der Waals surface area contributed by atoms with Gasteiger partial charge in [0.15, 0.2) is 0 Å². The van der Waals surface area contributed by atoms with Crippen LogP contribution in [0.2, 0.25) is 5.02 Å². The Labute approximate surface area is 115 Å². The second kappa shape index (κ2) is 4.21. The number of hydrogen-bond donors (Lipinski definition) is 0. The molecule has 1 aromatic carbocycles. The molecule has 4 rings (SSSR count). The molecule has 0 radical (unpaired) electrons. The van der Waals surface area contributed by atoms with Crippen LogP contribution in [0.15, 0.2) is 30.5 Å². The highest BCUT2D eigenvalue weighted by molar-refractivity contribution is 6.30. The molecule has 0 amide bonds. The van der Waals surface area contributed by atoms with Gasteiger partial charge in [0.25, 0.3) is 0 Å². The van der Waals surface area contributed by atoms with Crippen LogP contribution in [0, 0.1) is 0 Å². The first kappa shape index (κ1) is 11.3. The molecule has 0 saturated carbocycles. The Bertz CT molecular complexity index is 597. The maximum atomic E-state index is 5.93. The van der Waals surface area contributed by atoms with E-state index in [-0.39, 0.29) is 12.1 Å². The molecule has 2 aliphatic heterocycles. The van der Waals surface area contributed by atoms with Crippen LogP contribution in [-0.2, 0) is 11.3 Å². The topological polar surface area (TPSA) is 43.2 Å². The highest BCUT2D eigenvalue weighted by Gasteiger charge is 2.39. The van der Waals surface area contributed by atoms with Crippen molar-refractivity contribution in [3.8, 4) is 0 Å². The number of aromatic nitrogens is 3. The molecule has 19 heavy (non-hydrogen) atoms. The third kappa shape index (κ3) is 1.81. The van der Waals surface area contributed by atoms with Gasteiger partial charge in [0.05, 0.1) is 30.6 Å². The molecule has 0 N–H and O–H groups in total. The second-order valence-electron chi connectivity index (χ2n) is 4.97. The Morgan fingerprint density at radius 2 is 2.05 bits per heavy atom. The lowest BCUT2D eigenvalue weighted by Crippen LogP contribution is -2.32. The summed E-state index contributed by atoms with van der Waals surface area (Å²) in [7, 11) is 0. The molecule has 98 valence electrons. The number of ether oxygens (including phenoxy) is 1. The lowest BCUT2D eigenvalue weighted by Gasteiger charge is -2.25. The lowest BCUT2D eigenvalue weighted by atomic mass is 10.2. The normalized spacial score (nSPS) is 25.2. The number of hydrogen-bond acceptors (Lipinski definition) is 4. The Kier molecular flexibility index (Phi) is 2.50. The van der Waals surface area contributed by atoms with Crippen LogP contribution >= 0.6 is 11.6 Å². The summed E-state index contributed by atoms with van der Waals surface area (Å²) in [5.74, 6) is 0. The number of fused-ring (bicyclic) bond motifs is 3. The van der Waals surface area contributed by atoms with Gasteiger partial charge in [-0.05, 0) is 24.3 Å². The van der Waals surface area contributed by atoms with E-state index < -0.39 is 0 Å². The predicted octanol–water partition coefficient (Wildman–Crippen LogP) is 1.89. The van der Waals surface area contributed by atoms with Crippen LogP contribution in [0.4, 0.5) is 5.69 Å². The van der Waals surface area contributed by atoms with Gasteiger partial charge in [-0.3, -0.25) is 0 Å². The van der Waals surface area contributed by atoms with Crippen molar-refractivity contribution in [2.45, 2.75) is 18.8 Å². The summed E-state index contributed by atoms with van der Waals surface area (Å²) >= 11 is 5.93. The summed E-state index contributed by atoms with van der Waals surface area (Å²) in [6, 6.07) is 8.17. The molecule has 2 aromatic rings. The van der Waals surface area contributed by atoms with E-state index in [0.29, 0.717) is 6.61 Å². The van der Waals surface area contributed by atoms with Gasteiger partial charge < -0.3 is 9.64 Å². The average molecular weight is 277 g/mol. The SMILES string of the molecule is Clc1ccc(N2C[C@@H]3OCc4cnnn4[C@H]3C2)cc1. The van der Waals surface area contributed by atoms with Crippen LogP contribution in [-0.4, -0.2) is 34.2 Å². The van der Waals surface area contributed by atoms with E-state index in [1.54, 1.807) is 6.20 Å². The first-order valence-corrected chi connectivity index (χ1v) is 6.70. The van der Waals surface area contributed by atoms with Gasteiger partial charge in [0.2, 0.25) is 0 Å². The maximum Gasteiger partial charge on any atom is 0.0996 e. The van der Waals surface area contributed by atoms with Crippen molar-refractivity contribution in [1.82, 2.24) is 15.0 Å². The van der Waals surface area contributed by atoms with Crippen LogP contribution in [0.1, 0.15) is 11.7 Å². The molecule has 3 heterocycles. The van der Waals surface area contributed by atoms with Crippen molar-refractivity contribution in [1.29, 1.82) is 0 Å². The quantitative estimate of drug-likeness (QED) is 0.798. The minimum Gasteiger partial charge on any atom is -0.368 e. The monoisotopic (exact) mass is 276 g/mol. The van der Waals surface area contributed by atoms with Crippen molar-refractivity contribution in [2.24, 2.45) is 0 Å². The largest absolute Gasteiger partial charge is 0.368 e. The second-order valence-corrected chi connectivity index (χ2v) is 5.40. The van der Waals surface area contributed by atoms with Crippen molar-refractivity contribution in [3.63, 3.8) is 0 Å². The standard InChI is InChI=1S/C13H13ClN4O/c14-9-1-3-10(4-2-9)17-6-12-13(7-17)19-8-11-5-15-16-18(11)12/h1-5,12-13H,6-8H2/t12-,13-/m0/s1. The van der Waals surface area contributed by atoms with Gasteiger partial charge in [-0.15, -0.1) is 5.10 Å². The average Bonchev–Trinajstić information content (AvgIpc) is 3.04. The van der Waals surface area contributed by atoms with Crippen LogP contribution in [0.3, 0.4) is 0 Å². The Hall–Kier alpha value is -1.59. The lowest BCUT2D eigenvalue weighted by molar-refractivity contribution is -0.00253. The fourth-order valence-corrected chi connectivity index (χ4v) is 2.98. The van der Waals surface area contributed by atoms with Gasteiger partial charge >= 0.3 is 0 Å². The molecule has 1 saturated heterocycles. The molecule has 0 bridgehead atoms. The number of halogens is 1. The van der Waals surface area contributed by atoms with Gasteiger partial charge in [-0.1, -0.05) is 16.8 Å². The summed E-state index contributed by atoms with van der Waals surface area (Å²) in [4.78, 5) is 2.31. The zero-order valence-corrected chi connectivity index (χ0v) is 11.0. The molecule has 0 aliphatic carbocycles. The molecule has 0 unspecified atom stereocenters. The van der Waals surface area contributed by atoms with Crippen molar-refractivity contribution >= 4 is 17.3 Å². The number of nitrogens with zero attached hydrogens (tertiary/aromatic N) is 4. The Morgan fingerprint density at radius 1 is 1.21 bits per heavy atom. The Morgan fingerprint density at radius 3 is 2.89 bits per heavy atom. The van der Waals surface area contributed by atoms with Crippen LogP contribution in [0.25, 0.3) is 0 Å². The van der Waals surface area contributed by atoms with E-state index in [2.05, 4.69) is 15.2 Å². The smallest absolute Gasteiger partial charge is 0.0996 e. The van der Waals surface area contributed by atoms with Crippen molar-refractivity contribution < 1.29 is 4.74 Å². The van der Waals surface area contributed by atoms with Crippen molar-refractivity contribution in [2.75, 3.05) is 18.0 Å². The van der Waals surface area contributed by atoms with E-state index in [1.807, 2.05) is 28.9 Å². The summed E-state index contributed by atoms with van der Waals surface area (Å²) in [6.07, 6.45) is 1.96. The number of rotatable bonds is 1. The molecule has 1 fully saturated rings. The minimum atomic E-state index is 0.185. The molecule has 1 aromatic heterocycles. The van der Waals surface area contributed by atoms with Crippen LogP contribution in [0.5, 0.6) is 0 Å².